The minimum atomic E-state index is -0.959. The Hall–Kier alpha value is -1.07. The number of carboxylic acids is 1. The minimum Gasteiger partial charge on any atom is -0.480 e. The van der Waals surface area contributed by atoms with Crippen LogP contribution in [0.5, 0.6) is 0 Å². The van der Waals surface area contributed by atoms with E-state index in [0.29, 0.717) is 6.42 Å². The number of thioether (sulfide) groups is 1. The Morgan fingerprint density at radius 1 is 1.61 bits per heavy atom. The lowest BCUT2D eigenvalue weighted by molar-refractivity contribution is -0.144. The summed E-state index contributed by atoms with van der Waals surface area (Å²) in [6, 6.07) is 6.32. The lowest BCUT2D eigenvalue weighted by Crippen LogP contribution is -2.49. The Balaban J connectivity index is 2.66. The van der Waals surface area contributed by atoms with Gasteiger partial charge in [0, 0.05) is 10.1 Å². The Labute approximate surface area is 111 Å². The first kappa shape index (κ1) is 15.0. The van der Waals surface area contributed by atoms with E-state index in [9.17, 15) is 9.18 Å². The highest BCUT2D eigenvalue weighted by molar-refractivity contribution is 7.99. The summed E-state index contributed by atoms with van der Waals surface area (Å²) in [5.74, 6) is -1.15. The van der Waals surface area contributed by atoms with Gasteiger partial charge in [0.15, 0.2) is 0 Å². The highest BCUT2D eigenvalue weighted by Crippen LogP contribution is 2.29. The van der Waals surface area contributed by atoms with Gasteiger partial charge in [-0.05, 0) is 38.6 Å². The number of likely N-dealkylation sites (N-methyl/N-ethyl adjacent to an activating group) is 1. The summed E-state index contributed by atoms with van der Waals surface area (Å²) in [5, 5.41) is 12.0. The molecule has 5 heteroatoms. The fourth-order valence-electron chi connectivity index (χ4n) is 1.69. The van der Waals surface area contributed by atoms with Gasteiger partial charge in [-0.1, -0.05) is 13.0 Å². The average molecular weight is 271 g/mol. The molecule has 2 unspecified atom stereocenters. The second kappa shape index (κ2) is 6.20. The molecule has 0 aromatic heterocycles. The van der Waals surface area contributed by atoms with Crippen molar-refractivity contribution in [2.45, 2.75) is 36.0 Å². The normalized spacial score (nSPS) is 16.0. The van der Waals surface area contributed by atoms with Crippen LogP contribution in [0.15, 0.2) is 29.2 Å². The molecule has 0 heterocycles. The number of rotatable bonds is 6. The van der Waals surface area contributed by atoms with E-state index in [2.05, 4.69) is 5.32 Å². The second-order valence-corrected chi connectivity index (χ2v) is 5.99. The number of nitrogens with one attached hydrogen (secondary N) is 1. The molecule has 0 saturated heterocycles. The van der Waals surface area contributed by atoms with E-state index in [0.717, 1.165) is 4.90 Å². The minimum absolute atomic E-state index is 0.0698. The Kier molecular flexibility index (Phi) is 5.16. The fraction of sp³-hybridized carbons (Fsp3) is 0.462. The van der Waals surface area contributed by atoms with Crippen LogP contribution >= 0.6 is 11.8 Å². The standard InChI is InChI=1S/C13H18FNO2S/c1-9(8-13(2,15-3)12(16)17)18-11-6-4-5-10(14)7-11/h4-7,9,15H,8H2,1-3H3,(H,16,17). The van der Waals surface area contributed by atoms with Crippen LogP contribution < -0.4 is 5.32 Å². The number of halogens is 1. The topological polar surface area (TPSA) is 49.3 Å². The third-order valence-electron chi connectivity index (χ3n) is 2.85. The van der Waals surface area contributed by atoms with Crippen molar-refractivity contribution in [3.8, 4) is 0 Å². The van der Waals surface area contributed by atoms with Crippen LogP contribution in [0.1, 0.15) is 20.3 Å². The van der Waals surface area contributed by atoms with Gasteiger partial charge >= 0.3 is 5.97 Å². The summed E-state index contributed by atoms with van der Waals surface area (Å²) in [4.78, 5) is 12.0. The van der Waals surface area contributed by atoms with Crippen LogP contribution in [0.4, 0.5) is 4.39 Å². The Morgan fingerprint density at radius 3 is 2.78 bits per heavy atom. The third-order valence-corrected chi connectivity index (χ3v) is 3.95. The highest BCUT2D eigenvalue weighted by atomic mass is 32.2. The first-order valence-electron chi connectivity index (χ1n) is 5.72. The highest BCUT2D eigenvalue weighted by Gasteiger charge is 2.33. The van der Waals surface area contributed by atoms with Crippen LogP contribution in [-0.2, 0) is 4.79 Å². The quantitative estimate of drug-likeness (QED) is 0.781. The van der Waals surface area contributed by atoms with Crippen molar-refractivity contribution in [1.29, 1.82) is 0 Å². The van der Waals surface area contributed by atoms with E-state index in [-0.39, 0.29) is 11.1 Å². The second-order valence-electron chi connectivity index (χ2n) is 4.48. The van der Waals surface area contributed by atoms with Crippen molar-refractivity contribution in [3.05, 3.63) is 30.1 Å². The molecule has 0 radical (unpaired) electrons. The third kappa shape index (κ3) is 3.99. The zero-order valence-corrected chi connectivity index (χ0v) is 11.6. The maximum absolute atomic E-state index is 13.0. The van der Waals surface area contributed by atoms with Crippen molar-refractivity contribution < 1.29 is 14.3 Å². The Bertz CT molecular complexity index is 427. The van der Waals surface area contributed by atoms with E-state index < -0.39 is 11.5 Å². The van der Waals surface area contributed by atoms with Crippen molar-refractivity contribution in [1.82, 2.24) is 5.32 Å². The molecule has 0 saturated carbocycles. The fourth-order valence-corrected chi connectivity index (χ4v) is 2.90. The molecule has 3 nitrogen and oxygen atoms in total. The molecule has 0 spiro atoms. The molecule has 18 heavy (non-hydrogen) atoms. The first-order chi connectivity index (χ1) is 8.37. The molecule has 2 atom stereocenters. The number of carboxylic acid groups (broad SMARTS) is 1. The zero-order chi connectivity index (χ0) is 13.8. The number of carbonyl (C=O) groups is 1. The maximum Gasteiger partial charge on any atom is 0.323 e. The maximum atomic E-state index is 13.0. The molecular formula is C13H18FNO2S. The molecule has 2 N–H and O–H groups in total. The zero-order valence-electron chi connectivity index (χ0n) is 10.7. The van der Waals surface area contributed by atoms with Crippen molar-refractivity contribution in [2.75, 3.05) is 7.05 Å². The summed E-state index contributed by atoms with van der Waals surface area (Å²) in [6.07, 6.45) is 0.458. The van der Waals surface area contributed by atoms with Crippen molar-refractivity contribution in [2.24, 2.45) is 0 Å². The molecule has 0 fully saturated rings. The van der Waals surface area contributed by atoms with Gasteiger partial charge in [-0.15, -0.1) is 11.8 Å². The number of benzene rings is 1. The van der Waals surface area contributed by atoms with Crippen molar-refractivity contribution in [3.63, 3.8) is 0 Å². The lowest BCUT2D eigenvalue weighted by Gasteiger charge is -2.27. The van der Waals surface area contributed by atoms with Gasteiger partial charge in [0.25, 0.3) is 0 Å². The molecule has 0 amide bonds. The SMILES string of the molecule is CNC(C)(CC(C)Sc1cccc(F)c1)C(=O)O. The van der Waals surface area contributed by atoms with Gasteiger partial charge in [0.05, 0.1) is 0 Å². The molecule has 0 bridgehead atoms. The van der Waals surface area contributed by atoms with Gasteiger partial charge in [-0.25, -0.2) is 4.39 Å². The van der Waals surface area contributed by atoms with Gasteiger partial charge in [-0.2, -0.15) is 0 Å². The molecule has 100 valence electrons. The molecule has 0 aliphatic heterocycles. The smallest absolute Gasteiger partial charge is 0.323 e. The predicted molar refractivity (Wildman–Crippen MR) is 71.4 cm³/mol. The Morgan fingerprint density at radius 2 is 2.28 bits per heavy atom. The van der Waals surface area contributed by atoms with Crippen LogP contribution in [0.25, 0.3) is 0 Å². The van der Waals surface area contributed by atoms with Crippen LogP contribution in [-0.4, -0.2) is 28.9 Å². The number of hydrogen-bond donors (Lipinski definition) is 2. The lowest BCUT2D eigenvalue weighted by atomic mass is 9.96. The van der Waals surface area contributed by atoms with E-state index in [4.69, 9.17) is 5.11 Å². The summed E-state index contributed by atoms with van der Waals surface area (Å²) >= 11 is 1.47. The molecule has 1 aromatic rings. The summed E-state index contributed by atoms with van der Waals surface area (Å²) in [7, 11) is 1.63. The monoisotopic (exact) mass is 271 g/mol. The van der Waals surface area contributed by atoms with Gasteiger partial charge < -0.3 is 10.4 Å². The van der Waals surface area contributed by atoms with Crippen molar-refractivity contribution >= 4 is 17.7 Å². The van der Waals surface area contributed by atoms with E-state index >= 15 is 0 Å². The van der Waals surface area contributed by atoms with Crippen LogP contribution in [0.3, 0.4) is 0 Å². The molecule has 1 aromatic carbocycles. The summed E-state index contributed by atoms with van der Waals surface area (Å²) in [5.41, 5.74) is -0.959. The molecular weight excluding hydrogens is 253 g/mol. The summed E-state index contributed by atoms with van der Waals surface area (Å²) in [6.45, 7) is 3.59. The van der Waals surface area contributed by atoms with Gasteiger partial charge in [0.2, 0.25) is 0 Å². The number of hydrogen-bond acceptors (Lipinski definition) is 3. The van der Waals surface area contributed by atoms with Gasteiger partial charge in [0.1, 0.15) is 11.4 Å². The predicted octanol–water partition coefficient (Wildman–Crippen LogP) is 2.76. The molecule has 0 aliphatic rings. The van der Waals surface area contributed by atoms with E-state index in [1.54, 1.807) is 20.0 Å². The molecule has 1 rings (SSSR count). The van der Waals surface area contributed by atoms with Crippen LogP contribution in [0.2, 0.25) is 0 Å². The van der Waals surface area contributed by atoms with E-state index in [1.807, 2.05) is 13.0 Å². The van der Waals surface area contributed by atoms with E-state index in [1.165, 1.54) is 23.9 Å². The largest absolute Gasteiger partial charge is 0.480 e. The average Bonchev–Trinajstić information content (AvgIpc) is 2.28. The molecule has 0 aliphatic carbocycles. The van der Waals surface area contributed by atoms with Gasteiger partial charge in [-0.3, -0.25) is 4.79 Å². The first-order valence-corrected chi connectivity index (χ1v) is 6.60. The van der Waals surface area contributed by atoms with Crippen LogP contribution in [0, 0.1) is 5.82 Å². The number of aliphatic carboxylic acids is 1. The summed E-state index contributed by atoms with van der Waals surface area (Å²) < 4.78 is 13.0.